The van der Waals surface area contributed by atoms with Crippen LogP contribution in [0.4, 0.5) is 0 Å². The van der Waals surface area contributed by atoms with Crippen LogP contribution in [0.2, 0.25) is 0 Å². The lowest BCUT2D eigenvalue weighted by atomic mass is 10.0. The molecule has 0 unspecified atom stereocenters. The van der Waals surface area contributed by atoms with Crippen molar-refractivity contribution in [3.63, 3.8) is 0 Å². The molecule has 0 atom stereocenters. The topological polar surface area (TPSA) is 55.1 Å². The number of hydrogen-bond donors (Lipinski definition) is 1. The normalized spacial score (nSPS) is 11.0. The van der Waals surface area contributed by atoms with Gasteiger partial charge in [0.2, 0.25) is 0 Å². The minimum Gasteiger partial charge on any atom is -0.477 e. The number of carboxylic acids is 1. The number of aromatic nitrogens is 2. The summed E-state index contributed by atoms with van der Waals surface area (Å²) in [7, 11) is 0. The molecule has 2 aromatic carbocycles. The Bertz CT molecular complexity index is 875. The maximum Gasteiger partial charge on any atom is 0.354 e. The van der Waals surface area contributed by atoms with Crippen molar-refractivity contribution in [1.82, 2.24) is 9.78 Å². The standard InChI is InChI=1S/C21H22N2O2/c1-14(2)12-16-6-8-17(9-7-16)19-13-20(21(24)25)23(22-19)18-10-4-15(3)5-11-18/h4-11,13-14H,12H2,1-3H3,(H,24,25). The SMILES string of the molecule is Cc1ccc(-n2nc(-c3ccc(CC(C)C)cc3)cc2C(=O)O)cc1. The van der Waals surface area contributed by atoms with Crippen molar-refractivity contribution in [3.05, 3.63) is 71.4 Å². The number of rotatable bonds is 5. The summed E-state index contributed by atoms with van der Waals surface area (Å²) in [6.45, 7) is 6.38. The molecule has 0 fully saturated rings. The molecule has 0 amide bonds. The van der Waals surface area contributed by atoms with Gasteiger partial charge in [-0.05, 0) is 43.0 Å². The number of carboxylic acid groups (broad SMARTS) is 1. The van der Waals surface area contributed by atoms with E-state index in [0.29, 0.717) is 11.6 Å². The first-order valence-electron chi connectivity index (χ1n) is 8.44. The first kappa shape index (κ1) is 17.0. The zero-order chi connectivity index (χ0) is 18.0. The van der Waals surface area contributed by atoms with Gasteiger partial charge in [-0.1, -0.05) is 55.8 Å². The molecule has 3 aromatic rings. The predicted octanol–water partition coefficient (Wildman–Crippen LogP) is 4.74. The molecule has 128 valence electrons. The van der Waals surface area contributed by atoms with E-state index in [1.165, 1.54) is 10.2 Å². The lowest BCUT2D eigenvalue weighted by Gasteiger charge is -2.06. The zero-order valence-corrected chi connectivity index (χ0v) is 14.7. The van der Waals surface area contributed by atoms with Gasteiger partial charge in [0.25, 0.3) is 0 Å². The third-order valence-electron chi connectivity index (χ3n) is 4.10. The summed E-state index contributed by atoms with van der Waals surface area (Å²) in [4.78, 5) is 11.6. The Morgan fingerprint density at radius 2 is 1.72 bits per heavy atom. The second-order valence-electron chi connectivity index (χ2n) is 6.76. The summed E-state index contributed by atoms with van der Waals surface area (Å²) in [6, 6.07) is 17.5. The number of carbonyl (C=O) groups is 1. The largest absolute Gasteiger partial charge is 0.477 e. The van der Waals surface area contributed by atoms with E-state index in [-0.39, 0.29) is 5.69 Å². The second-order valence-corrected chi connectivity index (χ2v) is 6.76. The molecule has 1 N–H and O–H groups in total. The van der Waals surface area contributed by atoms with E-state index in [1.54, 1.807) is 6.07 Å². The Morgan fingerprint density at radius 3 is 2.28 bits per heavy atom. The first-order valence-corrected chi connectivity index (χ1v) is 8.44. The van der Waals surface area contributed by atoms with E-state index < -0.39 is 5.97 Å². The van der Waals surface area contributed by atoms with Gasteiger partial charge in [-0.2, -0.15) is 5.10 Å². The molecule has 0 aliphatic heterocycles. The van der Waals surface area contributed by atoms with Crippen molar-refractivity contribution in [1.29, 1.82) is 0 Å². The van der Waals surface area contributed by atoms with Gasteiger partial charge >= 0.3 is 5.97 Å². The van der Waals surface area contributed by atoms with Crippen LogP contribution >= 0.6 is 0 Å². The Labute approximate surface area is 147 Å². The molecule has 0 bridgehead atoms. The quantitative estimate of drug-likeness (QED) is 0.733. The van der Waals surface area contributed by atoms with E-state index in [4.69, 9.17) is 0 Å². The van der Waals surface area contributed by atoms with E-state index in [0.717, 1.165) is 23.2 Å². The minimum absolute atomic E-state index is 0.158. The maximum absolute atomic E-state index is 11.6. The smallest absolute Gasteiger partial charge is 0.354 e. The molecule has 1 aromatic heterocycles. The Morgan fingerprint density at radius 1 is 1.08 bits per heavy atom. The lowest BCUT2D eigenvalue weighted by Crippen LogP contribution is -2.07. The van der Waals surface area contributed by atoms with Crippen LogP contribution in [0.25, 0.3) is 16.9 Å². The first-order chi connectivity index (χ1) is 11.9. The van der Waals surface area contributed by atoms with Crippen LogP contribution in [0.3, 0.4) is 0 Å². The van der Waals surface area contributed by atoms with Gasteiger partial charge in [0.1, 0.15) is 0 Å². The van der Waals surface area contributed by atoms with Gasteiger partial charge in [-0.25, -0.2) is 9.48 Å². The number of aromatic carboxylic acids is 1. The van der Waals surface area contributed by atoms with Gasteiger partial charge in [-0.15, -0.1) is 0 Å². The molecular formula is C21H22N2O2. The fraction of sp³-hybridized carbons (Fsp3) is 0.238. The van der Waals surface area contributed by atoms with Crippen LogP contribution in [0, 0.1) is 12.8 Å². The molecule has 0 aliphatic rings. The highest BCUT2D eigenvalue weighted by molar-refractivity contribution is 5.88. The van der Waals surface area contributed by atoms with Gasteiger partial charge < -0.3 is 5.11 Å². The molecule has 1 heterocycles. The minimum atomic E-state index is -0.990. The van der Waals surface area contributed by atoms with Crippen molar-refractivity contribution in [2.45, 2.75) is 27.2 Å². The van der Waals surface area contributed by atoms with Gasteiger partial charge in [0, 0.05) is 5.56 Å². The Kier molecular flexibility index (Phi) is 4.70. The number of aryl methyl sites for hydroxylation is 1. The summed E-state index contributed by atoms with van der Waals surface area (Å²) in [5.74, 6) is -0.388. The third-order valence-corrected chi connectivity index (χ3v) is 4.10. The van der Waals surface area contributed by atoms with Gasteiger partial charge in [0.15, 0.2) is 5.69 Å². The van der Waals surface area contributed by atoms with Crippen LogP contribution in [0.15, 0.2) is 54.6 Å². The predicted molar refractivity (Wildman–Crippen MR) is 99.2 cm³/mol. The zero-order valence-electron chi connectivity index (χ0n) is 14.7. The summed E-state index contributed by atoms with van der Waals surface area (Å²) < 4.78 is 1.49. The molecule has 4 heteroatoms. The highest BCUT2D eigenvalue weighted by Crippen LogP contribution is 2.23. The monoisotopic (exact) mass is 334 g/mol. The summed E-state index contributed by atoms with van der Waals surface area (Å²) in [6.07, 6.45) is 1.03. The molecule has 0 spiro atoms. The Balaban J connectivity index is 1.99. The van der Waals surface area contributed by atoms with E-state index in [2.05, 4.69) is 31.1 Å². The van der Waals surface area contributed by atoms with Crippen LogP contribution in [0.1, 0.15) is 35.5 Å². The van der Waals surface area contributed by atoms with Crippen molar-refractivity contribution < 1.29 is 9.90 Å². The average Bonchev–Trinajstić information content (AvgIpc) is 3.01. The summed E-state index contributed by atoms with van der Waals surface area (Å²) in [5, 5.41) is 14.1. The third kappa shape index (κ3) is 3.79. The number of nitrogens with zero attached hydrogens (tertiary/aromatic N) is 2. The van der Waals surface area contributed by atoms with Crippen LogP contribution < -0.4 is 0 Å². The second kappa shape index (κ2) is 6.93. The van der Waals surface area contributed by atoms with Crippen molar-refractivity contribution in [2.75, 3.05) is 0 Å². The van der Waals surface area contributed by atoms with Crippen molar-refractivity contribution in [3.8, 4) is 16.9 Å². The molecule has 25 heavy (non-hydrogen) atoms. The molecule has 0 aliphatic carbocycles. The van der Waals surface area contributed by atoms with Crippen LogP contribution in [0.5, 0.6) is 0 Å². The lowest BCUT2D eigenvalue weighted by molar-refractivity contribution is 0.0687. The molecule has 0 saturated carbocycles. The highest BCUT2D eigenvalue weighted by Gasteiger charge is 2.16. The number of hydrogen-bond acceptors (Lipinski definition) is 2. The average molecular weight is 334 g/mol. The van der Waals surface area contributed by atoms with Crippen LogP contribution in [-0.2, 0) is 6.42 Å². The molecule has 0 saturated heterocycles. The Hall–Kier alpha value is -2.88. The fourth-order valence-electron chi connectivity index (χ4n) is 2.84. The maximum atomic E-state index is 11.6. The molecular weight excluding hydrogens is 312 g/mol. The molecule has 4 nitrogen and oxygen atoms in total. The van der Waals surface area contributed by atoms with E-state index in [1.807, 2.05) is 43.3 Å². The van der Waals surface area contributed by atoms with Crippen LogP contribution in [-0.4, -0.2) is 20.9 Å². The van der Waals surface area contributed by atoms with Gasteiger partial charge in [0.05, 0.1) is 11.4 Å². The van der Waals surface area contributed by atoms with Crippen molar-refractivity contribution in [2.24, 2.45) is 5.92 Å². The summed E-state index contributed by atoms with van der Waals surface area (Å²) in [5.41, 5.74) is 4.87. The number of benzene rings is 2. The van der Waals surface area contributed by atoms with E-state index in [9.17, 15) is 9.90 Å². The molecule has 3 rings (SSSR count). The highest BCUT2D eigenvalue weighted by atomic mass is 16.4. The molecule has 0 radical (unpaired) electrons. The van der Waals surface area contributed by atoms with Crippen molar-refractivity contribution >= 4 is 5.97 Å². The van der Waals surface area contributed by atoms with E-state index >= 15 is 0 Å². The fourth-order valence-corrected chi connectivity index (χ4v) is 2.84. The van der Waals surface area contributed by atoms with Gasteiger partial charge in [-0.3, -0.25) is 0 Å². The summed E-state index contributed by atoms with van der Waals surface area (Å²) >= 11 is 0.